The minimum absolute atomic E-state index is 0.739. The lowest BCUT2D eigenvalue weighted by atomic mass is 9.96. The van der Waals surface area contributed by atoms with Crippen LogP contribution in [0.5, 0.6) is 0 Å². The topological polar surface area (TPSA) is 248 Å². The second-order valence-corrected chi connectivity index (χ2v) is 8.32. The Labute approximate surface area is 187 Å². The van der Waals surface area contributed by atoms with E-state index in [1.807, 2.05) is 0 Å². The van der Waals surface area contributed by atoms with Gasteiger partial charge >= 0.3 is 0 Å². The van der Waals surface area contributed by atoms with Gasteiger partial charge in [0.15, 0.2) is 18.9 Å². The smallest absolute Gasteiger partial charge is 0.187 e. The fourth-order valence-corrected chi connectivity index (χ4v) is 3.97. The Morgan fingerprint density at radius 1 is 0.545 bits per heavy atom. The summed E-state index contributed by atoms with van der Waals surface area (Å²) in [6.45, 7) is -0.118. The molecule has 3 saturated heterocycles. The van der Waals surface area contributed by atoms with Crippen LogP contribution in [0.1, 0.15) is 6.92 Å². The minimum atomic E-state index is -1.86. The standard InChI is InChI=1S/C18H32O15/c1-4-7(21)10(24)12(26)17(29-4)33-15-11(25)8(22)5(2-19)31-18(15)32-14-9(23)6(3-20)30-16(28)13(14)27/h4-28H,2-3H2,1H3/t4-,5+,6+,7+,8-,9+,10+,11-,12-,13+,14-,15+,16+,17-,18-/m0/s1. The van der Waals surface area contributed by atoms with Gasteiger partial charge in [-0.25, -0.2) is 0 Å². The van der Waals surface area contributed by atoms with E-state index in [4.69, 9.17) is 23.7 Å². The molecule has 10 N–H and O–H groups in total. The molecule has 3 fully saturated rings. The summed E-state index contributed by atoms with van der Waals surface area (Å²) in [6, 6.07) is 0. The summed E-state index contributed by atoms with van der Waals surface area (Å²) in [6.07, 6.45) is -24.2. The van der Waals surface area contributed by atoms with Crippen molar-refractivity contribution in [2.75, 3.05) is 13.2 Å². The molecule has 0 saturated carbocycles. The molecule has 0 aromatic carbocycles. The van der Waals surface area contributed by atoms with E-state index in [0.29, 0.717) is 0 Å². The van der Waals surface area contributed by atoms with Gasteiger partial charge in [0.1, 0.15) is 67.1 Å². The molecule has 0 amide bonds. The summed E-state index contributed by atoms with van der Waals surface area (Å²) in [7, 11) is 0. The van der Waals surface area contributed by atoms with Crippen LogP contribution in [0.25, 0.3) is 0 Å². The first-order chi connectivity index (χ1) is 15.5. The lowest BCUT2D eigenvalue weighted by Crippen LogP contribution is -2.66. The zero-order chi connectivity index (χ0) is 24.6. The van der Waals surface area contributed by atoms with Crippen LogP contribution in [0.2, 0.25) is 0 Å². The van der Waals surface area contributed by atoms with Crippen molar-refractivity contribution in [3.05, 3.63) is 0 Å². The van der Waals surface area contributed by atoms with Crippen LogP contribution < -0.4 is 0 Å². The highest BCUT2D eigenvalue weighted by Gasteiger charge is 2.53. The van der Waals surface area contributed by atoms with E-state index in [0.717, 1.165) is 0 Å². The lowest BCUT2D eigenvalue weighted by molar-refractivity contribution is -0.386. The Morgan fingerprint density at radius 2 is 1.12 bits per heavy atom. The molecule has 3 rings (SSSR count). The maximum atomic E-state index is 10.6. The van der Waals surface area contributed by atoms with Crippen LogP contribution in [0.4, 0.5) is 0 Å². The molecular weight excluding hydrogens is 456 g/mol. The van der Waals surface area contributed by atoms with Gasteiger partial charge in [-0.05, 0) is 6.92 Å². The number of hydrogen-bond acceptors (Lipinski definition) is 15. The summed E-state index contributed by atoms with van der Waals surface area (Å²) >= 11 is 0. The van der Waals surface area contributed by atoms with E-state index in [9.17, 15) is 51.1 Å². The van der Waals surface area contributed by atoms with E-state index in [1.165, 1.54) is 6.92 Å². The summed E-state index contributed by atoms with van der Waals surface area (Å²) in [4.78, 5) is 0. The van der Waals surface area contributed by atoms with Crippen molar-refractivity contribution in [2.45, 2.75) is 99.0 Å². The van der Waals surface area contributed by atoms with Crippen LogP contribution in [-0.4, -0.2) is 156 Å². The van der Waals surface area contributed by atoms with Crippen molar-refractivity contribution in [2.24, 2.45) is 0 Å². The minimum Gasteiger partial charge on any atom is -0.394 e. The average molecular weight is 488 g/mol. The molecule has 0 unspecified atom stereocenters. The van der Waals surface area contributed by atoms with Gasteiger partial charge in [-0.15, -0.1) is 0 Å². The Hall–Kier alpha value is -0.600. The van der Waals surface area contributed by atoms with Gasteiger partial charge < -0.3 is 74.7 Å². The molecule has 0 aromatic heterocycles. The van der Waals surface area contributed by atoms with Gasteiger partial charge in [-0.2, -0.15) is 0 Å². The van der Waals surface area contributed by atoms with Crippen molar-refractivity contribution in [3.63, 3.8) is 0 Å². The zero-order valence-corrected chi connectivity index (χ0v) is 17.6. The Kier molecular flexibility index (Phi) is 8.99. The number of hydrogen-bond donors (Lipinski definition) is 10. The summed E-state index contributed by atoms with van der Waals surface area (Å²) in [5.74, 6) is 0. The number of aliphatic hydroxyl groups is 10. The van der Waals surface area contributed by atoms with Crippen LogP contribution in [0.15, 0.2) is 0 Å². The first-order valence-corrected chi connectivity index (χ1v) is 10.4. The highest BCUT2D eigenvalue weighted by molar-refractivity contribution is 4.95. The first-order valence-electron chi connectivity index (χ1n) is 10.4. The number of aliphatic hydroxyl groups excluding tert-OH is 10. The van der Waals surface area contributed by atoms with E-state index in [1.54, 1.807) is 0 Å². The van der Waals surface area contributed by atoms with Crippen molar-refractivity contribution in [3.8, 4) is 0 Å². The van der Waals surface area contributed by atoms with Crippen LogP contribution in [0, 0.1) is 0 Å². The normalized spacial score (nSPS) is 53.7. The molecule has 0 radical (unpaired) electrons. The van der Waals surface area contributed by atoms with E-state index >= 15 is 0 Å². The molecular formula is C18H32O15. The third-order valence-corrected chi connectivity index (χ3v) is 6.06. The second kappa shape index (κ2) is 11.0. The van der Waals surface area contributed by atoms with Gasteiger partial charge in [0, 0.05) is 0 Å². The Balaban J connectivity index is 1.83. The molecule has 15 nitrogen and oxygen atoms in total. The largest absolute Gasteiger partial charge is 0.394 e. The predicted octanol–water partition coefficient (Wildman–Crippen LogP) is -6.55. The second-order valence-electron chi connectivity index (χ2n) is 8.32. The van der Waals surface area contributed by atoms with Gasteiger partial charge in [0.25, 0.3) is 0 Å². The summed E-state index contributed by atoms with van der Waals surface area (Å²) in [5, 5.41) is 100. The van der Waals surface area contributed by atoms with Gasteiger partial charge in [0.05, 0.1) is 19.3 Å². The number of ether oxygens (including phenoxy) is 5. The van der Waals surface area contributed by atoms with Crippen molar-refractivity contribution in [1.82, 2.24) is 0 Å². The maximum absolute atomic E-state index is 10.6. The quantitative estimate of drug-likeness (QED) is 0.167. The van der Waals surface area contributed by atoms with Crippen molar-refractivity contribution < 1.29 is 74.7 Å². The third-order valence-electron chi connectivity index (χ3n) is 6.06. The zero-order valence-electron chi connectivity index (χ0n) is 17.6. The molecule has 3 aliphatic rings. The van der Waals surface area contributed by atoms with Crippen LogP contribution in [0.3, 0.4) is 0 Å². The van der Waals surface area contributed by atoms with Crippen LogP contribution in [-0.2, 0) is 23.7 Å². The Bertz CT molecular complexity index is 626. The predicted molar refractivity (Wildman–Crippen MR) is 99.8 cm³/mol. The van der Waals surface area contributed by atoms with E-state index < -0.39 is 105 Å². The van der Waals surface area contributed by atoms with E-state index in [2.05, 4.69) is 0 Å². The van der Waals surface area contributed by atoms with Gasteiger partial charge in [-0.1, -0.05) is 0 Å². The van der Waals surface area contributed by atoms with Gasteiger partial charge in [-0.3, -0.25) is 0 Å². The summed E-state index contributed by atoms with van der Waals surface area (Å²) in [5.41, 5.74) is 0. The molecule has 15 heteroatoms. The third kappa shape index (κ3) is 5.32. The molecule has 3 aliphatic heterocycles. The molecule has 15 atom stereocenters. The fraction of sp³-hybridized carbons (Fsp3) is 1.00. The van der Waals surface area contributed by atoms with E-state index in [-0.39, 0.29) is 0 Å². The lowest BCUT2D eigenvalue weighted by Gasteiger charge is -2.48. The highest BCUT2D eigenvalue weighted by atomic mass is 16.8. The molecule has 33 heavy (non-hydrogen) atoms. The molecule has 0 spiro atoms. The molecule has 194 valence electrons. The maximum Gasteiger partial charge on any atom is 0.187 e. The average Bonchev–Trinajstić information content (AvgIpc) is 2.79. The van der Waals surface area contributed by atoms with Gasteiger partial charge in [0.2, 0.25) is 0 Å². The molecule has 0 aromatic rings. The molecule has 0 aliphatic carbocycles. The van der Waals surface area contributed by atoms with Crippen LogP contribution >= 0.6 is 0 Å². The highest BCUT2D eigenvalue weighted by Crippen LogP contribution is 2.32. The molecule has 3 heterocycles. The Morgan fingerprint density at radius 3 is 1.73 bits per heavy atom. The van der Waals surface area contributed by atoms with Crippen molar-refractivity contribution >= 4 is 0 Å². The first kappa shape index (κ1) is 27.0. The molecule has 0 bridgehead atoms. The fourth-order valence-electron chi connectivity index (χ4n) is 3.97. The number of rotatable bonds is 6. The summed E-state index contributed by atoms with van der Waals surface area (Å²) < 4.78 is 26.7. The SMILES string of the molecule is C[C@@H]1O[C@@H](O[C@H]2[C@H](O[C@@H]3[C@@H](O)[C@H](O)O[C@H](CO)[C@H]3O)O[C@H](CO)[C@H](O)[C@@H]2O)[C@@H](O)[C@H](O)[C@@H]1O. The monoisotopic (exact) mass is 488 g/mol. The van der Waals surface area contributed by atoms with Crippen molar-refractivity contribution in [1.29, 1.82) is 0 Å².